The van der Waals surface area contributed by atoms with Crippen LogP contribution in [0.2, 0.25) is 0 Å². The highest BCUT2D eigenvalue weighted by molar-refractivity contribution is 5.97. The van der Waals surface area contributed by atoms with E-state index in [0.29, 0.717) is 24.4 Å². The molecule has 1 aliphatic heterocycles. The molecule has 3 aromatic rings. The van der Waals surface area contributed by atoms with Crippen molar-refractivity contribution in [3.8, 4) is 11.3 Å². The number of halogens is 1. The van der Waals surface area contributed by atoms with Gasteiger partial charge in [0.15, 0.2) is 5.78 Å². The molecule has 0 unspecified atom stereocenters. The zero-order valence-corrected chi connectivity index (χ0v) is 15.7. The molecular weight excluding hydrogens is 357 g/mol. The number of ether oxygens (including phenoxy) is 1. The second-order valence-electron chi connectivity index (χ2n) is 6.92. The highest BCUT2D eigenvalue weighted by atomic mass is 19.1. The maximum absolute atomic E-state index is 14.6. The minimum absolute atomic E-state index is 0.0103. The number of morpholine rings is 1. The van der Waals surface area contributed by atoms with E-state index >= 15 is 0 Å². The third kappa shape index (κ3) is 3.88. The predicted molar refractivity (Wildman–Crippen MR) is 105 cm³/mol. The molecular formula is C22H22FN3O2. The summed E-state index contributed by atoms with van der Waals surface area (Å²) in [7, 11) is 1.73. The number of benzene rings is 2. The average Bonchev–Trinajstić information content (AvgIpc) is 3.12. The minimum Gasteiger partial charge on any atom is -0.371 e. The van der Waals surface area contributed by atoms with Crippen LogP contribution in [0.3, 0.4) is 0 Å². The number of carbonyl (C=O) groups excluding carboxylic acids is 1. The van der Waals surface area contributed by atoms with Gasteiger partial charge in [0, 0.05) is 32.1 Å². The summed E-state index contributed by atoms with van der Waals surface area (Å²) >= 11 is 0. The van der Waals surface area contributed by atoms with Crippen molar-refractivity contribution in [3.63, 3.8) is 0 Å². The number of carbonyl (C=O) groups is 1. The minimum atomic E-state index is -0.384. The van der Waals surface area contributed by atoms with Crippen LogP contribution in [-0.2, 0) is 18.2 Å². The Hall–Kier alpha value is -2.83. The summed E-state index contributed by atoms with van der Waals surface area (Å²) < 4.78 is 21.8. The Kier molecular flexibility index (Phi) is 5.32. The number of aromatic nitrogens is 2. The number of nitrogens with one attached hydrogen (secondary N) is 1. The number of nitrogens with zero attached hydrogens (tertiary/aromatic N) is 2. The fourth-order valence-electron chi connectivity index (χ4n) is 3.43. The van der Waals surface area contributed by atoms with Gasteiger partial charge < -0.3 is 10.1 Å². The third-order valence-corrected chi connectivity index (χ3v) is 4.96. The molecule has 2 heterocycles. The Morgan fingerprint density at radius 2 is 2.07 bits per heavy atom. The van der Waals surface area contributed by atoms with Gasteiger partial charge in [0.25, 0.3) is 0 Å². The van der Waals surface area contributed by atoms with Crippen LogP contribution in [0.4, 0.5) is 4.39 Å². The predicted octanol–water partition coefficient (Wildman–Crippen LogP) is 3.31. The lowest BCUT2D eigenvalue weighted by molar-refractivity contribution is 0.0275. The molecule has 0 spiro atoms. The maximum Gasteiger partial charge on any atom is 0.185 e. The van der Waals surface area contributed by atoms with Crippen LogP contribution in [-0.4, -0.2) is 35.3 Å². The van der Waals surface area contributed by atoms with Crippen LogP contribution >= 0.6 is 0 Å². The van der Waals surface area contributed by atoms with Gasteiger partial charge in [-0.25, -0.2) is 4.39 Å². The molecule has 4 rings (SSSR count). The van der Waals surface area contributed by atoms with E-state index in [2.05, 4.69) is 10.4 Å². The number of hydrogen-bond acceptors (Lipinski definition) is 4. The molecule has 5 nitrogen and oxygen atoms in total. The Morgan fingerprint density at radius 1 is 1.25 bits per heavy atom. The van der Waals surface area contributed by atoms with E-state index in [1.54, 1.807) is 23.9 Å². The quantitative estimate of drug-likeness (QED) is 0.691. The Balaban J connectivity index is 1.51. The fraction of sp³-hybridized carbons (Fsp3) is 0.273. The molecule has 1 aromatic heterocycles. The average molecular weight is 379 g/mol. The molecule has 6 heteroatoms. The monoisotopic (exact) mass is 379 g/mol. The largest absolute Gasteiger partial charge is 0.371 e. The van der Waals surface area contributed by atoms with Crippen molar-refractivity contribution in [2.75, 3.05) is 19.7 Å². The van der Waals surface area contributed by atoms with Crippen LogP contribution in [0.15, 0.2) is 54.6 Å². The summed E-state index contributed by atoms with van der Waals surface area (Å²) in [6.45, 7) is 2.08. The normalized spacial score (nSPS) is 16.9. The van der Waals surface area contributed by atoms with Crippen LogP contribution in [0.1, 0.15) is 27.7 Å². The van der Waals surface area contributed by atoms with Crippen molar-refractivity contribution in [2.45, 2.75) is 12.5 Å². The van der Waals surface area contributed by atoms with Crippen molar-refractivity contribution in [1.29, 1.82) is 0 Å². The van der Waals surface area contributed by atoms with Gasteiger partial charge in [0.1, 0.15) is 11.5 Å². The SMILES string of the molecule is Cn1nc(-c2ccccc2)cc1C(=O)Cc1ccc([C@H]2CNCCO2)cc1F. The number of ketones is 1. The lowest BCUT2D eigenvalue weighted by Gasteiger charge is -2.24. The molecule has 0 amide bonds. The Morgan fingerprint density at radius 3 is 2.79 bits per heavy atom. The number of rotatable bonds is 5. The van der Waals surface area contributed by atoms with Gasteiger partial charge in [-0.3, -0.25) is 9.48 Å². The fourth-order valence-corrected chi connectivity index (χ4v) is 3.43. The second-order valence-corrected chi connectivity index (χ2v) is 6.92. The smallest absolute Gasteiger partial charge is 0.185 e. The number of hydrogen-bond donors (Lipinski definition) is 1. The molecule has 2 aromatic carbocycles. The van der Waals surface area contributed by atoms with Gasteiger partial charge in [-0.05, 0) is 23.3 Å². The zero-order chi connectivity index (χ0) is 19.5. The van der Waals surface area contributed by atoms with Gasteiger partial charge in [-0.2, -0.15) is 5.10 Å². The van der Waals surface area contributed by atoms with E-state index in [9.17, 15) is 9.18 Å². The third-order valence-electron chi connectivity index (χ3n) is 4.96. The molecule has 1 atom stereocenters. The lowest BCUT2D eigenvalue weighted by atomic mass is 10.0. The Bertz CT molecular complexity index is 979. The summed E-state index contributed by atoms with van der Waals surface area (Å²) in [5, 5.41) is 7.65. The van der Waals surface area contributed by atoms with Gasteiger partial charge in [0.2, 0.25) is 0 Å². The number of aryl methyl sites for hydroxylation is 1. The first-order chi connectivity index (χ1) is 13.6. The molecule has 0 saturated carbocycles. The molecule has 144 valence electrons. The zero-order valence-electron chi connectivity index (χ0n) is 15.7. The van der Waals surface area contributed by atoms with Crippen molar-refractivity contribution < 1.29 is 13.9 Å². The van der Waals surface area contributed by atoms with E-state index in [0.717, 1.165) is 23.4 Å². The molecule has 0 bridgehead atoms. The van der Waals surface area contributed by atoms with Crippen LogP contribution in [0, 0.1) is 5.82 Å². The highest BCUT2D eigenvalue weighted by Gasteiger charge is 2.20. The summed E-state index contributed by atoms with van der Waals surface area (Å²) in [4.78, 5) is 12.8. The summed E-state index contributed by atoms with van der Waals surface area (Å²) in [6, 6.07) is 16.4. The van der Waals surface area contributed by atoms with Crippen molar-refractivity contribution in [1.82, 2.24) is 15.1 Å². The van der Waals surface area contributed by atoms with Gasteiger partial charge in [0.05, 0.1) is 18.4 Å². The first kappa shape index (κ1) is 18.5. The molecule has 1 N–H and O–H groups in total. The van der Waals surface area contributed by atoms with Crippen molar-refractivity contribution in [2.24, 2.45) is 7.05 Å². The number of Topliss-reactive ketones (excluding diaryl/α,β-unsaturated/α-hetero) is 1. The molecule has 0 aliphatic carbocycles. The van der Waals surface area contributed by atoms with Gasteiger partial charge in [-0.1, -0.05) is 42.5 Å². The van der Waals surface area contributed by atoms with Crippen LogP contribution in [0.25, 0.3) is 11.3 Å². The molecule has 28 heavy (non-hydrogen) atoms. The second kappa shape index (κ2) is 8.04. The van der Waals surface area contributed by atoms with Gasteiger partial charge >= 0.3 is 0 Å². The summed E-state index contributed by atoms with van der Waals surface area (Å²) in [5.41, 5.74) is 3.29. The molecule has 1 fully saturated rings. The first-order valence-electron chi connectivity index (χ1n) is 9.35. The standard InChI is InChI=1S/C22H22FN3O2/c1-26-20(13-19(25-26)15-5-3-2-4-6-15)21(27)12-16-7-8-17(11-18(16)23)22-14-24-9-10-28-22/h2-8,11,13,22,24H,9-10,12,14H2,1H3/t22-/m1/s1. The summed E-state index contributed by atoms with van der Waals surface area (Å²) in [5.74, 6) is -0.551. The molecule has 0 radical (unpaired) electrons. The van der Waals surface area contributed by atoms with Gasteiger partial charge in [-0.15, -0.1) is 0 Å². The van der Waals surface area contributed by atoms with E-state index in [1.165, 1.54) is 6.07 Å². The van der Waals surface area contributed by atoms with Crippen molar-refractivity contribution in [3.05, 3.63) is 77.2 Å². The van der Waals surface area contributed by atoms with Crippen LogP contribution in [0.5, 0.6) is 0 Å². The van der Waals surface area contributed by atoms with E-state index < -0.39 is 0 Å². The topological polar surface area (TPSA) is 56.2 Å². The molecule has 1 aliphatic rings. The van der Waals surface area contributed by atoms with E-state index in [1.807, 2.05) is 36.4 Å². The first-order valence-corrected chi connectivity index (χ1v) is 9.35. The lowest BCUT2D eigenvalue weighted by Crippen LogP contribution is -2.33. The summed E-state index contributed by atoms with van der Waals surface area (Å²) in [6.07, 6.45) is -0.164. The van der Waals surface area contributed by atoms with Crippen LogP contribution < -0.4 is 5.32 Å². The van der Waals surface area contributed by atoms with E-state index in [4.69, 9.17) is 4.74 Å². The maximum atomic E-state index is 14.6. The van der Waals surface area contributed by atoms with Crippen molar-refractivity contribution >= 4 is 5.78 Å². The van der Waals surface area contributed by atoms with E-state index in [-0.39, 0.29) is 24.1 Å². The highest BCUT2D eigenvalue weighted by Crippen LogP contribution is 2.23. The Labute approximate surface area is 163 Å². The molecule has 1 saturated heterocycles.